The molecule has 0 bridgehead atoms. The average Bonchev–Trinajstić information content (AvgIpc) is 2.74. The van der Waals surface area contributed by atoms with E-state index in [1.807, 2.05) is 48.5 Å². The van der Waals surface area contributed by atoms with E-state index in [0.717, 1.165) is 18.4 Å². The van der Waals surface area contributed by atoms with Crippen LogP contribution in [0.1, 0.15) is 30.4 Å². The van der Waals surface area contributed by atoms with E-state index >= 15 is 0 Å². The van der Waals surface area contributed by atoms with E-state index in [4.69, 9.17) is 10.5 Å². The third kappa shape index (κ3) is 8.68. The van der Waals surface area contributed by atoms with Crippen molar-refractivity contribution in [2.24, 2.45) is 5.73 Å². The maximum absolute atomic E-state index is 12.0. The van der Waals surface area contributed by atoms with Crippen molar-refractivity contribution in [2.45, 2.75) is 38.3 Å². The first-order valence-corrected chi connectivity index (χ1v) is 9.67. The van der Waals surface area contributed by atoms with Gasteiger partial charge in [0.2, 0.25) is 5.91 Å². The van der Waals surface area contributed by atoms with E-state index in [9.17, 15) is 9.59 Å². The van der Waals surface area contributed by atoms with E-state index in [1.54, 1.807) is 0 Å². The molecule has 0 saturated heterocycles. The summed E-state index contributed by atoms with van der Waals surface area (Å²) in [6, 6.07) is 19.1. The summed E-state index contributed by atoms with van der Waals surface area (Å²) in [4.78, 5) is 23.6. The second kappa shape index (κ2) is 12.5. The Morgan fingerprint density at radius 1 is 0.857 bits per heavy atom. The highest BCUT2D eigenvalue weighted by Crippen LogP contribution is 2.02. The lowest BCUT2D eigenvalue weighted by molar-refractivity contribution is -0.122. The SMILES string of the molecule is NC(CCCNC(=O)OCc1ccccc1)C(=O)NCCCc1ccccc1. The topological polar surface area (TPSA) is 93.4 Å². The predicted molar refractivity (Wildman–Crippen MR) is 110 cm³/mol. The Bertz CT molecular complexity index is 707. The number of ether oxygens (including phenoxy) is 1. The molecule has 1 atom stereocenters. The summed E-state index contributed by atoms with van der Waals surface area (Å²) >= 11 is 0. The number of carbonyl (C=O) groups excluding carboxylic acids is 2. The van der Waals surface area contributed by atoms with E-state index < -0.39 is 12.1 Å². The van der Waals surface area contributed by atoms with E-state index in [2.05, 4.69) is 22.8 Å². The van der Waals surface area contributed by atoms with Crippen molar-refractivity contribution in [1.29, 1.82) is 0 Å². The molecule has 0 aliphatic rings. The summed E-state index contributed by atoms with van der Waals surface area (Å²) < 4.78 is 5.12. The third-order valence-corrected chi connectivity index (χ3v) is 4.30. The number of benzene rings is 2. The second-order valence-electron chi connectivity index (χ2n) is 6.62. The minimum absolute atomic E-state index is 0.153. The molecular weight excluding hydrogens is 354 g/mol. The summed E-state index contributed by atoms with van der Waals surface area (Å²) in [6.45, 7) is 1.26. The molecule has 0 aliphatic carbocycles. The fourth-order valence-corrected chi connectivity index (χ4v) is 2.70. The summed E-state index contributed by atoms with van der Waals surface area (Å²) in [5, 5.41) is 5.53. The molecule has 0 fully saturated rings. The van der Waals surface area contributed by atoms with Crippen LogP contribution in [0.2, 0.25) is 0 Å². The van der Waals surface area contributed by atoms with Crippen LogP contribution in [-0.4, -0.2) is 31.1 Å². The van der Waals surface area contributed by atoms with Gasteiger partial charge in [-0.1, -0.05) is 60.7 Å². The minimum Gasteiger partial charge on any atom is -0.445 e. The Morgan fingerprint density at radius 3 is 2.14 bits per heavy atom. The first kappa shape index (κ1) is 21.4. The van der Waals surface area contributed by atoms with Gasteiger partial charge in [0.25, 0.3) is 0 Å². The zero-order valence-corrected chi connectivity index (χ0v) is 16.1. The van der Waals surface area contributed by atoms with Crippen molar-refractivity contribution in [2.75, 3.05) is 13.1 Å². The molecule has 150 valence electrons. The summed E-state index contributed by atoms with van der Waals surface area (Å²) in [7, 11) is 0. The number of aryl methyl sites for hydroxylation is 1. The molecule has 2 amide bonds. The van der Waals surface area contributed by atoms with Crippen LogP contribution in [0.4, 0.5) is 4.79 Å². The lowest BCUT2D eigenvalue weighted by atomic mass is 10.1. The Balaban J connectivity index is 1.49. The van der Waals surface area contributed by atoms with Crippen LogP contribution in [-0.2, 0) is 22.6 Å². The number of alkyl carbamates (subject to hydrolysis) is 1. The van der Waals surface area contributed by atoms with Crippen molar-refractivity contribution in [3.05, 3.63) is 71.8 Å². The lowest BCUT2D eigenvalue weighted by Gasteiger charge is -2.12. The zero-order valence-electron chi connectivity index (χ0n) is 16.1. The molecule has 2 aromatic rings. The van der Waals surface area contributed by atoms with E-state index in [-0.39, 0.29) is 12.5 Å². The number of amides is 2. The van der Waals surface area contributed by atoms with Crippen LogP contribution >= 0.6 is 0 Å². The maximum atomic E-state index is 12.0. The number of hydrogen-bond acceptors (Lipinski definition) is 4. The van der Waals surface area contributed by atoms with Gasteiger partial charge in [0.1, 0.15) is 6.61 Å². The van der Waals surface area contributed by atoms with Crippen LogP contribution in [0, 0.1) is 0 Å². The van der Waals surface area contributed by atoms with Crippen molar-refractivity contribution in [3.8, 4) is 0 Å². The van der Waals surface area contributed by atoms with Crippen LogP contribution in [0.5, 0.6) is 0 Å². The number of carbonyl (C=O) groups is 2. The fourth-order valence-electron chi connectivity index (χ4n) is 2.70. The average molecular weight is 383 g/mol. The van der Waals surface area contributed by atoms with Gasteiger partial charge in [0.15, 0.2) is 0 Å². The van der Waals surface area contributed by atoms with Crippen LogP contribution in [0.25, 0.3) is 0 Å². The molecule has 2 aromatic carbocycles. The lowest BCUT2D eigenvalue weighted by Crippen LogP contribution is -2.41. The van der Waals surface area contributed by atoms with Crippen LogP contribution in [0.15, 0.2) is 60.7 Å². The van der Waals surface area contributed by atoms with Crippen LogP contribution in [0.3, 0.4) is 0 Å². The first-order valence-electron chi connectivity index (χ1n) is 9.67. The Kier molecular flexibility index (Phi) is 9.58. The van der Waals surface area contributed by atoms with Gasteiger partial charge in [-0.2, -0.15) is 0 Å². The van der Waals surface area contributed by atoms with Gasteiger partial charge < -0.3 is 21.1 Å². The van der Waals surface area contributed by atoms with Crippen molar-refractivity contribution >= 4 is 12.0 Å². The fraction of sp³-hybridized carbons (Fsp3) is 0.364. The van der Waals surface area contributed by atoms with Crippen molar-refractivity contribution in [1.82, 2.24) is 10.6 Å². The molecule has 0 saturated carbocycles. The number of hydrogen-bond donors (Lipinski definition) is 3. The Morgan fingerprint density at radius 2 is 1.46 bits per heavy atom. The largest absolute Gasteiger partial charge is 0.445 e. The first-order chi connectivity index (χ1) is 13.6. The van der Waals surface area contributed by atoms with E-state index in [1.165, 1.54) is 5.56 Å². The number of rotatable bonds is 11. The molecule has 0 aliphatic heterocycles. The van der Waals surface area contributed by atoms with Crippen molar-refractivity contribution < 1.29 is 14.3 Å². The highest BCUT2D eigenvalue weighted by atomic mass is 16.5. The number of nitrogens with two attached hydrogens (primary N) is 1. The van der Waals surface area contributed by atoms with Gasteiger partial charge in [-0.25, -0.2) is 4.79 Å². The summed E-state index contributed by atoms with van der Waals surface area (Å²) in [6.07, 6.45) is 2.44. The highest BCUT2D eigenvalue weighted by molar-refractivity contribution is 5.81. The molecule has 0 radical (unpaired) electrons. The third-order valence-electron chi connectivity index (χ3n) is 4.30. The monoisotopic (exact) mass is 383 g/mol. The van der Waals surface area contributed by atoms with Crippen molar-refractivity contribution in [3.63, 3.8) is 0 Å². The Labute approximate surface area is 166 Å². The maximum Gasteiger partial charge on any atom is 0.407 e. The molecule has 0 spiro atoms. The normalized spacial score (nSPS) is 11.5. The van der Waals surface area contributed by atoms with Gasteiger partial charge in [0, 0.05) is 13.1 Å². The minimum atomic E-state index is -0.570. The van der Waals surface area contributed by atoms with Gasteiger partial charge in [-0.05, 0) is 36.8 Å². The molecule has 2 rings (SSSR count). The molecule has 6 heteroatoms. The van der Waals surface area contributed by atoms with Gasteiger partial charge in [-0.3, -0.25) is 4.79 Å². The second-order valence-corrected chi connectivity index (χ2v) is 6.62. The zero-order chi connectivity index (χ0) is 20.0. The molecule has 0 aromatic heterocycles. The van der Waals surface area contributed by atoms with Crippen LogP contribution < -0.4 is 16.4 Å². The Hall–Kier alpha value is -2.86. The number of nitrogens with one attached hydrogen (secondary N) is 2. The summed E-state index contributed by atoms with van der Waals surface area (Å²) in [5.41, 5.74) is 8.10. The standard InChI is InChI=1S/C22H29N3O3/c23-20(21(26)24-15-7-13-18-9-3-1-4-10-18)14-8-16-25-22(27)28-17-19-11-5-2-6-12-19/h1-6,9-12,20H,7-8,13-17,23H2,(H,24,26)(H,25,27). The predicted octanol–water partition coefficient (Wildman–Crippen LogP) is 2.77. The van der Waals surface area contributed by atoms with Gasteiger partial charge >= 0.3 is 6.09 Å². The van der Waals surface area contributed by atoms with Gasteiger partial charge in [0.05, 0.1) is 6.04 Å². The summed E-state index contributed by atoms with van der Waals surface area (Å²) in [5.74, 6) is -0.153. The van der Waals surface area contributed by atoms with E-state index in [0.29, 0.717) is 25.9 Å². The molecule has 6 nitrogen and oxygen atoms in total. The quantitative estimate of drug-likeness (QED) is 0.520. The van der Waals surface area contributed by atoms with Gasteiger partial charge in [-0.15, -0.1) is 0 Å². The molecular formula is C22H29N3O3. The highest BCUT2D eigenvalue weighted by Gasteiger charge is 2.12. The molecule has 1 unspecified atom stereocenters. The smallest absolute Gasteiger partial charge is 0.407 e. The molecule has 28 heavy (non-hydrogen) atoms. The molecule has 4 N–H and O–H groups in total. The molecule has 0 heterocycles.